The number of ether oxygens (including phenoxy) is 2. The number of aryl methyl sites for hydroxylation is 2. The molecule has 5 nitrogen and oxygen atoms in total. The molecule has 2 N–H and O–H groups in total. The summed E-state index contributed by atoms with van der Waals surface area (Å²) in [4.78, 5) is 4.27. The van der Waals surface area contributed by atoms with E-state index in [9.17, 15) is 0 Å². The van der Waals surface area contributed by atoms with Crippen molar-refractivity contribution in [1.82, 2.24) is 9.55 Å². The quantitative estimate of drug-likeness (QED) is 0.789. The van der Waals surface area contributed by atoms with Crippen LogP contribution in [0.4, 0.5) is 0 Å². The van der Waals surface area contributed by atoms with Crippen LogP contribution in [0.5, 0.6) is 0 Å². The highest BCUT2D eigenvalue weighted by molar-refractivity contribution is 4.92. The van der Waals surface area contributed by atoms with Crippen LogP contribution in [0.3, 0.4) is 0 Å². The lowest BCUT2D eigenvalue weighted by atomic mass is 10.1. The highest BCUT2D eigenvalue weighted by Crippen LogP contribution is 2.09. The van der Waals surface area contributed by atoms with Crippen molar-refractivity contribution in [3.8, 4) is 0 Å². The second-order valence-electron chi connectivity index (χ2n) is 4.14. The van der Waals surface area contributed by atoms with Crippen LogP contribution < -0.4 is 5.73 Å². The molecule has 2 rings (SSSR count). The van der Waals surface area contributed by atoms with E-state index >= 15 is 0 Å². The van der Waals surface area contributed by atoms with Crippen molar-refractivity contribution < 1.29 is 9.47 Å². The monoisotopic (exact) mass is 225 g/mol. The van der Waals surface area contributed by atoms with E-state index in [0.717, 1.165) is 18.7 Å². The Morgan fingerprint density at radius 2 is 2.50 bits per heavy atom. The molecule has 0 bridgehead atoms. The zero-order valence-electron chi connectivity index (χ0n) is 9.63. The van der Waals surface area contributed by atoms with Gasteiger partial charge in [-0.05, 0) is 6.42 Å². The Morgan fingerprint density at radius 1 is 1.62 bits per heavy atom. The lowest BCUT2D eigenvalue weighted by molar-refractivity contribution is -0.0976. The molecule has 2 atom stereocenters. The summed E-state index contributed by atoms with van der Waals surface area (Å²) in [6.07, 6.45) is 5.54. The van der Waals surface area contributed by atoms with Crippen molar-refractivity contribution in [3.63, 3.8) is 0 Å². The fourth-order valence-corrected chi connectivity index (χ4v) is 1.87. The summed E-state index contributed by atoms with van der Waals surface area (Å²) < 4.78 is 12.9. The Balaban J connectivity index is 1.78. The second kappa shape index (κ2) is 5.43. The first kappa shape index (κ1) is 11.6. The molecule has 2 unspecified atom stereocenters. The minimum Gasteiger partial charge on any atom is -0.376 e. The Morgan fingerprint density at radius 3 is 3.12 bits per heavy atom. The standard InChI is InChI=1S/C11H19N3O2/c1-14-5-4-13-11(14)3-2-9(12)10-8-15-6-7-16-10/h4-5,9-10H,2-3,6-8,12H2,1H3. The van der Waals surface area contributed by atoms with Gasteiger partial charge in [0.2, 0.25) is 0 Å². The number of rotatable bonds is 4. The van der Waals surface area contributed by atoms with Gasteiger partial charge in [0.1, 0.15) is 5.82 Å². The highest BCUT2D eigenvalue weighted by Gasteiger charge is 2.21. The molecule has 1 aromatic rings. The Labute approximate surface area is 95.6 Å². The van der Waals surface area contributed by atoms with Crippen LogP contribution in [0.2, 0.25) is 0 Å². The van der Waals surface area contributed by atoms with Gasteiger partial charge in [0.15, 0.2) is 0 Å². The molecule has 2 heterocycles. The molecule has 16 heavy (non-hydrogen) atoms. The molecule has 1 saturated heterocycles. The van der Waals surface area contributed by atoms with Crippen molar-refractivity contribution in [2.75, 3.05) is 19.8 Å². The van der Waals surface area contributed by atoms with Crippen LogP contribution in [0.25, 0.3) is 0 Å². The van der Waals surface area contributed by atoms with E-state index in [4.69, 9.17) is 15.2 Å². The van der Waals surface area contributed by atoms with Crippen molar-refractivity contribution in [2.45, 2.75) is 25.0 Å². The van der Waals surface area contributed by atoms with E-state index in [2.05, 4.69) is 4.98 Å². The number of aromatic nitrogens is 2. The van der Waals surface area contributed by atoms with Crippen LogP contribution in [0.15, 0.2) is 12.4 Å². The summed E-state index contributed by atoms with van der Waals surface area (Å²) in [6.45, 7) is 1.95. The minimum atomic E-state index is 0.0250. The van der Waals surface area contributed by atoms with Gasteiger partial charge in [0, 0.05) is 31.9 Å². The number of nitrogens with zero attached hydrogens (tertiary/aromatic N) is 2. The van der Waals surface area contributed by atoms with Gasteiger partial charge >= 0.3 is 0 Å². The first-order valence-corrected chi connectivity index (χ1v) is 5.68. The fraction of sp³-hybridized carbons (Fsp3) is 0.727. The van der Waals surface area contributed by atoms with E-state index in [1.807, 2.05) is 17.8 Å². The third-order valence-corrected chi connectivity index (χ3v) is 2.94. The maximum atomic E-state index is 6.07. The van der Waals surface area contributed by atoms with E-state index in [1.165, 1.54) is 0 Å². The number of imidazole rings is 1. The zero-order valence-corrected chi connectivity index (χ0v) is 9.63. The summed E-state index contributed by atoms with van der Waals surface area (Å²) in [5.41, 5.74) is 6.07. The molecule has 90 valence electrons. The third kappa shape index (κ3) is 2.81. The lowest BCUT2D eigenvalue weighted by Crippen LogP contribution is -2.43. The predicted octanol–water partition coefficient (Wildman–Crippen LogP) is 0.0954. The largest absolute Gasteiger partial charge is 0.376 e. The summed E-state index contributed by atoms with van der Waals surface area (Å²) in [5, 5.41) is 0. The molecule has 0 aliphatic carbocycles. The molecule has 1 fully saturated rings. The van der Waals surface area contributed by atoms with E-state index in [0.29, 0.717) is 19.8 Å². The number of hydrogen-bond acceptors (Lipinski definition) is 4. The first-order valence-electron chi connectivity index (χ1n) is 5.68. The summed E-state index contributed by atoms with van der Waals surface area (Å²) in [5.74, 6) is 1.06. The van der Waals surface area contributed by atoms with Crippen molar-refractivity contribution in [1.29, 1.82) is 0 Å². The Bertz CT molecular complexity index is 321. The minimum absolute atomic E-state index is 0.0250. The molecular formula is C11H19N3O2. The van der Waals surface area contributed by atoms with Crippen LogP contribution in [0, 0.1) is 0 Å². The zero-order chi connectivity index (χ0) is 11.4. The first-order chi connectivity index (χ1) is 7.77. The predicted molar refractivity (Wildman–Crippen MR) is 60.1 cm³/mol. The fourth-order valence-electron chi connectivity index (χ4n) is 1.87. The molecule has 1 aliphatic rings. The molecular weight excluding hydrogens is 206 g/mol. The van der Waals surface area contributed by atoms with Crippen molar-refractivity contribution in [2.24, 2.45) is 12.8 Å². The van der Waals surface area contributed by atoms with Crippen molar-refractivity contribution in [3.05, 3.63) is 18.2 Å². The van der Waals surface area contributed by atoms with Crippen LogP contribution in [0.1, 0.15) is 12.2 Å². The van der Waals surface area contributed by atoms with Crippen LogP contribution in [-0.2, 0) is 22.9 Å². The highest BCUT2D eigenvalue weighted by atomic mass is 16.6. The van der Waals surface area contributed by atoms with Gasteiger partial charge in [0.05, 0.1) is 25.9 Å². The van der Waals surface area contributed by atoms with Gasteiger partial charge < -0.3 is 19.8 Å². The summed E-state index contributed by atoms with van der Waals surface area (Å²) >= 11 is 0. The molecule has 0 aromatic carbocycles. The molecule has 0 amide bonds. The van der Waals surface area contributed by atoms with E-state index < -0.39 is 0 Å². The van der Waals surface area contributed by atoms with Gasteiger partial charge in [-0.3, -0.25) is 0 Å². The normalized spacial score (nSPS) is 23.2. The smallest absolute Gasteiger partial charge is 0.108 e. The average molecular weight is 225 g/mol. The second-order valence-corrected chi connectivity index (χ2v) is 4.14. The Hall–Kier alpha value is -0.910. The maximum Gasteiger partial charge on any atom is 0.108 e. The van der Waals surface area contributed by atoms with Gasteiger partial charge in [0.25, 0.3) is 0 Å². The van der Waals surface area contributed by atoms with Gasteiger partial charge in [-0.1, -0.05) is 0 Å². The number of nitrogens with two attached hydrogens (primary N) is 1. The van der Waals surface area contributed by atoms with Crippen LogP contribution >= 0.6 is 0 Å². The van der Waals surface area contributed by atoms with E-state index in [-0.39, 0.29) is 12.1 Å². The van der Waals surface area contributed by atoms with Gasteiger partial charge in [-0.2, -0.15) is 0 Å². The average Bonchev–Trinajstić information content (AvgIpc) is 2.73. The SMILES string of the molecule is Cn1ccnc1CCC(N)C1COCCO1. The molecule has 1 aliphatic heterocycles. The lowest BCUT2D eigenvalue weighted by Gasteiger charge is -2.27. The Kier molecular flexibility index (Phi) is 3.93. The third-order valence-electron chi connectivity index (χ3n) is 2.94. The topological polar surface area (TPSA) is 62.3 Å². The molecule has 0 radical (unpaired) electrons. The van der Waals surface area contributed by atoms with Gasteiger partial charge in [-0.25, -0.2) is 4.98 Å². The van der Waals surface area contributed by atoms with Gasteiger partial charge in [-0.15, -0.1) is 0 Å². The van der Waals surface area contributed by atoms with Crippen molar-refractivity contribution >= 4 is 0 Å². The maximum absolute atomic E-state index is 6.07. The number of hydrogen-bond donors (Lipinski definition) is 1. The molecule has 1 aromatic heterocycles. The molecule has 0 saturated carbocycles. The summed E-state index contributed by atoms with van der Waals surface area (Å²) in [7, 11) is 1.99. The molecule has 5 heteroatoms. The van der Waals surface area contributed by atoms with E-state index in [1.54, 1.807) is 6.20 Å². The summed E-state index contributed by atoms with van der Waals surface area (Å²) in [6, 6.07) is 0.0250. The molecule has 0 spiro atoms. The van der Waals surface area contributed by atoms with Crippen LogP contribution in [-0.4, -0.2) is 41.5 Å².